The summed E-state index contributed by atoms with van der Waals surface area (Å²) in [6.07, 6.45) is 7.55. The van der Waals surface area contributed by atoms with Crippen molar-refractivity contribution in [3.05, 3.63) is 35.5 Å². The largest absolute Gasteiger partial charge is 0.456 e. The van der Waals surface area contributed by atoms with Crippen molar-refractivity contribution >= 4 is 28.6 Å². The number of Topliss-reactive ketones (excluding diaryl/α,β-unsaturated/α-hetero) is 1. The van der Waals surface area contributed by atoms with E-state index in [1.54, 1.807) is 6.20 Å². The number of nitrogens with one attached hydrogen (secondary N) is 2. The van der Waals surface area contributed by atoms with Crippen molar-refractivity contribution in [1.29, 1.82) is 0 Å². The molecule has 0 unspecified atom stereocenters. The second-order valence-corrected chi connectivity index (χ2v) is 7.03. The van der Waals surface area contributed by atoms with Gasteiger partial charge in [0.1, 0.15) is 6.54 Å². The van der Waals surface area contributed by atoms with Crippen molar-refractivity contribution in [2.75, 3.05) is 13.2 Å². The lowest BCUT2D eigenvalue weighted by atomic mass is 9.89. The van der Waals surface area contributed by atoms with E-state index in [1.165, 1.54) is 6.42 Å². The fraction of sp³-hybridized carbons (Fsp3) is 0.476. The average Bonchev–Trinajstić information content (AvgIpc) is 3.15. The lowest BCUT2D eigenvalue weighted by molar-refractivity contribution is -0.143. The zero-order chi connectivity index (χ0) is 19.2. The van der Waals surface area contributed by atoms with E-state index in [0.29, 0.717) is 5.56 Å². The first-order chi connectivity index (χ1) is 13.1. The Morgan fingerprint density at radius 1 is 1.19 bits per heavy atom. The molecular weight excluding hydrogens is 344 g/mol. The molecule has 2 N–H and O–H groups in total. The number of aryl methyl sites for hydroxylation is 1. The molecule has 1 aromatic carbocycles. The molecule has 1 saturated carbocycles. The highest BCUT2D eigenvalue weighted by molar-refractivity contribution is 6.09. The van der Waals surface area contributed by atoms with Gasteiger partial charge in [-0.05, 0) is 24.8 Å². The van der Waals surface area contributed by atoms with E-state index >= 15 is 0 Å². The summed E-state index contributed by atoms with van der Waals surface area (Å²) in [7, 11) is 0. The van der Waals surface area contributed by atoms with E-state index in [4.69, 9.17) is 4.74 Å². The van der Waals surface area contributed by atoms with Gasteiger partial charge in [0.15, 0.2) is 6.61 Å². The van der Waals surface area contributed by atoms with Crippen LogP contribution in [0.2, 0.25) is 0 Å². The van der Waals surface area contributed by atoms with Gasteiger partial charge in [-0.1, -0.05) is 44.4 Å². The molecule has 0 saturated heterocycles. The van der Waals surface area contributed by atoms with Gasteiger partial charge in [-0.2, -0.15) is 0 Å². The number of hydrogen-bond donors (Lipinski definition) is 2. The standard InChI is InChI=1S/C21H26N2O4/c1-2-14-9-6-10-16-17(11-22-20(14)16)18(24)13-27-19(25)12-23-21(26)15-7-4-3-5-8-15/h6,9-11,15,22H,2-5,7-8,12-13H2,1H3,(H,23,26). The number of aromatic nitrogens is 1. The highest BCUT2D eigenvalue weighted by Crippen LogP contribution is 2.24. The fourth-order valence-electron chi connectivity index (χ4n) is 3.69. The van der Waals surface area contributed by atoms with Crippen LogP contribution < -0.4 is 5.32 Å². The van der Waals surface area contributed by atoms with Crippen molar-refractivity contribution in [2.24, 2.45) is 5.92 Å². The summed E-state index contributed by atoms with van der Waals surface area (Å²) in [4.78, 5) is 39.5. The number of carbonyl (C=O) groups is 3. The maximum atomic E-state index is 12.4. The van der Waals surface area contributed by atoms with Crippen molar-refractivity contribution in [2.45, 2.75) is 45.4 Å². The number of benzene rings is 1. The minimum Gasteiger partial charge on any atom is -0.456 e. The Morgan fingerprint density at radius 2 is 1.96 bits per heavy atom. The molecule has 2 aromatic rings. The molecule has 1 aliphatic rings. The molecule has 6 heteroatoms. The van der Waals surface area contributed by atoms with Crippen LogP contribution in [0.3, 0.4) is 0 Å². The summed E-state index contributed by atoms with van der Waals surface area (Å²) in [6.45, 7) is 1.53. The van der Waals surface area contributed by atoms with E-state index in [0.717, 1.165) is 48.6 Å². The Kier molecular flexibility index (Phi) is 6.27. The first-order valence-electron chi connectivity index (χ1n) is 9.65. The van der Waals surface area contributed by atoms with Crippen molar-refractivity contribution in [3.63, 3.8) is 0 Å². The van der Waals surface area contributed by atoms with Gasteiger partial charge in [-0.15, -0.1) is 0 Å². The van der Waals surface area contributed by atoms with Crippen LogP contribution in [0.5, 0.6) is 0 Å². The fourth-order valence-corrected chi connectivity index (χ4v) is 3.69. The number of rotatable bonds is 7. The lowest BCUT2D eigenvalue weighted by Gasteiger charge is -2.20. The molecule has 1 amide bonds. The number of aromatic amines is 1. The van der Waals surface area contributed by atoms with Gasteiger partial charge in [0, 0.05) is 28.6 Å². The second kappa shape index (κ2) is 8.84. The number of carbonyl (C=O) groups excluding carboxylic acids is 3. The van der Waals surface area contributed by atoms with E-state index in [2.05, 4.69) is 17.2 Å². The molecule has 6 nitrogen and oxygen atoms in total. The van der Waals surface area contributed by atoms with Crippen molar-refractivity contribution in [1.82, 2.24) is 10.3 Å². The number of ketones is 1. The minimum atomic E-state index is -0.596. The summed E-state index contributed by atoms with van der Waals surface area (Å²) in [6, 6.07) is 5.81. The first-order valence-corrected chi connectivity index (χ1v) is 9.65. The molecule has 1 fully saturated rings. The molecule has 3 rings (SSSR count). The summed E-state index contributed by atoms with van der Waals surface area (Å²) in [5.74, 6) is -0.961. The zero-order valence-electron chi connectivity index (χ0n) is 15.7. The Bertz CT molecular complexity index is 834. The molecule has 0 aliphatic heterocycles. The van der Waals surface area contributed by atoms with Crippen LogP contribution in [-0.4, -0.2) is 35.8 Å². The van der Waals surface area contributed by atoms with Crippen LogP contribution in [0.25, 0.3) is 10.9 Å². The van der Waals surface area contributed by atoms with Gasteiger partial charge in [-0.25, -0.2) is 0 Å². The van der Waals surface area contributed by atoms with E-state index in [1.807, 2.05) is 18.2 Å². The second-order valence-electron chi connectivity index (χ2n) is 7.03. The van der Waals surface area contributed by atoms with Crippen LogP contribution in [-0.2, 0) is 20.7 Å². The number of para-hydroxylation sites is 1. The molecule has 1 heterocycles. The maximum Gasteiger partial charge on any atom is 0.325 e. The molecule has 0 atom stereocenters. The average molecular weight is 370 g/mol. The quantitative estimate of drug-likeness (QED) is 0.579. The zero-order valence-corrected chi connectivity index (χ0v) is 15.7. The molecule has 27 heavy (non-hydrogen) atoms. The van der Waals surface area contributed by atoms with Crippen molar-refractivity contribution in [3.8, 4) is 0 Å². The Hall–Kier alpha value is -2.63. The summed E-state index contributed by atoms with van der Waals surface area (Å²) < 4.78 is 5.05. The van der Waals surface area contributed by atoms with Crippen LogP contribution in [0.4, 0.5) is 0 Å². The van der Waals surface area contributed by atoms with Crippen LogP contribution in [0.1, 0.15) is 54.9 Å². The lowest BCUT2D eigenvalue weighted by Crippen LogP contribution is -2.36. The van der Waals surface area contributed by atoms with Crippen LogP contribution in [0, 0.1) is 5.92 Å². The maximum absolute atomic E-state index is 12.4. The SMILES string of the molecule is CCc1cccc2c(C(=O)COC(=O)CNC(=O)C3CCCCC3)c[nH]c12. The van der Waals surface area contributed by atoms with E-state index in [-0.39, 0.29) is 30.8 Å². The predicted octanol–water partition coefficient (Wildman–Crippen LogP) is 3.15. The highest BCUT2D eigenvalue weighted by atomic mass is 16.5. The van der Waals surface area contributed by atoms with Gasteiger partial charge in [0.05, 0.1) is 0 Å². The third-order valence-electron chi connectivity index (χ3n) is 5.23. The first kappa shape index (κ1) is 19.1. The van der Waals surface area contributed by atoms with Gasteiger partial charge >= 0.3 is 5.97 Å². The van der Waals surface area contributed by atoms with Gasteiger partial charge < -0.3 is 15.0 Å². The van der Waals surface area contributed by atoms with Gasteiger partial charge in [-0.3, -0.25) is 14.4 Å². The minimum absolute atomic E-state index is 0.00726. The van der Waals surface area contributed by atoms with Crippen LogP contribution >= 0.6 is 0 Å². The predicted molar refractivity (Wildman–Crippen MR) is 103 cm³/mol. The summed E-state index contributed by atoms with van der Waals surface area (Å²) in [5, 5.41) is 3.46. The topological polar surface area (TPSA) is 88.3 Å². The Balaban J connectivity index is 1.50. The van der Waals surface area contributed by atoms with E-state index in [9.17, 15) is 14.4 Å². The number of hydrogen-bond acceptors (Lipinski definition) is 4. The molecular formula is C21H26N2O4. The molecule has 0 bridgehead atoms. The third-order valence-corrected chi connectivity index (χ3v) is 5.23. The highest BCUT2D eigenvalue weighted by Gasteiger charge is 2.22. The van der Waals surface area contributed by atoms with E-state index < -0.39 is 5.97 Å². The van der Waals surface area contributed by atoms with Crippen LogP contribution in [0.15, 0.2) is 24.4 Å². The van der Waals surface area contributed by atoms with Crippen molar-refractivity contribution < 1.29 is 19.1 Å². The monoisotopic (exact) mass is 370 g/mol. The van der Waals surface area contributed by atoms with Gasteiger partial charge in [0.25, 0.3) is 0 Å². The third kappa shape index (κ3) is 4.56. The number of fused-ring (bicyclic) bond motifs is 1. The Morgan fingerprint density at radius 3 is 2.70 bits per heavy atom. The Labute approximate surface area is 158 Å². The molecule has 1 aromatic heterocycles. The molecule has 1 aliphatic carbocycles. The molecule has 144 valence electrons. The number of H-pyrrole nitrogens is 1. The normalized spacial score (nSPS) is 14.9. The van der Waals surface area contributed by atoms with Gasteiger partial charge in [0.2, 0.25) is 11.7 Å². The number of amides is 1. The smallest absolute Gasteiger partial charge is 0.325 e. The number of esters is 1. The summed E-state index contributed by atoms with van der Waals surface area (Å²) >= 11 is 0. The summed E-state index contributed by atoms with van der Waals surface area (Å²) in [5.41, 5.74) is 2.59. The molecule has 0 spiro atoms. The molecule has 0 radical (unpaired) electrons. The number of ether oxygens (including phenoxy) is 1.